The van der Waals surface area contributed by atoms with E-state index in [1.165, 1.54) is 0 Å². The van der Waals surface area contributed by atoms with Gasteiger partial charge >= 0.3 is 0 Å². The topological polar surface area (TPSA) is 12.0 Å². The predicted molar refractivity (Wildman–Crippen MR) is 91.1 cm³/mol. The van der Waals surface area contributed by atoms with Gasteiger partial charge in [0.2, 0.25) is 0 Å². The lowest BCUT2D eigenvalue weighted by Gasteiger charge is -2.21. The van der Waals surface area contributed by atoms with E-state index < -0.39 is 0 Å². The molecule has 0 radical (unpaired) electrons. The molecule has 0 aliphatic carbocycles. The third-order valence-corrected chi connectivity index (χ3v) is 4.44. The molecule has 2 rings (SSSR count). The van der Waals surface area contributed by atoms with E-state index in [9.17, 15) is 0 Å². The van der Waals surface area contributed by atoms with Crippen LogP contribution in [0.2, 0.25) is 15.1 Å². The van der Waals surface area contributed by atoms with Gasteiger partial charge in [0.25, 0.3) is 0 Å². The molecule has 1 N–H and O–H groups in total. The molecule has 5 heteroatoms. The van der Waals surface area contributed by atoms with Crippen LogP contribution in [0.1, 0.15) is 24.1 Å². The second-order valence-electron chi connectivity index (χ2n) is 4.32. The lowest BCUT2D eigenvalue weighted by atomic mass is 9.98. The van der Waals surface area contributed by atoms with E-state index >= 15 is 0 Å². The standard InChI is InChI=1S/C15H13BrCl3N/c1-2-20-15(11-5-3-9(17)7-13(11)16)12-6-4-10(18)8-14(12)19/h3-8,15,20H,2H2,1H3. The van der Waals surface area contributed by atoms with Crippen LogP contribution in [0.25, 0.3) is 0 Å². The van der Waals surface area contributed by atoms with Crippen molar-refractivity contribution in [2.24, 2.45) is 0 Å². The van der Waals surface area contributed by atoms with Crippen molar-refractivity contribution >= 4 is 50.7 Å². The van der Waals surface area contributed by atoms with Crippen LogP contribution in [0.15, 0.2) is 40.9 Å². The molecule has 106 valence electrons. The van der Waals surface area contributed by atoms with Crippen LogP contribution in [0, 0.1) is 0 Å². The highest BCUT2D eigenvalue weighted by atomic mass is 79.9. The van der Waals surface area contributed by atoms with Gasteiger partial charge in [-0.15, -0.1) is 0 Å². The largest absolute Gasteiger partial charge is 0.306 e. The second kappa shape index (κ2) is 7.15. The molecule has 2 aromatic rings. The zero-order valence-electron chi connectivity index (χ0n) is 10.8. The fourth-order valence-corrected chi connectivity index (χ4v) is 3.49. The summed E-state index contributed by atoms with van der Waals surface area (Å²) in [6.07, 6.45) is 0. The third kappa shape index (κ3) is 3.69. The Balaban J connectivity index is 2.50. The molecule has 0 spiro atoms. The predicted octanol–water partition coefficient (Wildman–Crippen LogP) is 6.11. The van der Waals surface area contributed by atoms with E-state index in [1.807, 2.05) is 30.3 Å². The monoisotopic (exact) mass is 391 g/mol. The molecule has 1 atom stereocenters. The van der Waals surface area contributed by atoms with Crippen LogP contribution in [-0.2, 0) is 0 Å². The van der Waals surface area contributed by atoms with Crippen LogP contribution in [0.3, 0.4) is 0 Å². The summed E-state index contributed by atoms with van der Waals surface area (Å²) < 4.78 is 0.946. The van der Waals surface area contributed by atoms with Crippen molar-refractivity contribution in [3.05, 3.63) is 67.1 Å². The van der Waals surface area contributed by atoms with E-state index in [-0.39, 0.29) is 6.04 Å². The van der Waals surface area contributed by atoms with Gasteiger partial charge in [0.05, 0.1) is 6.04 Å². The molecule has 0 saturated carbocycles. The quantitative estimate of drug-likeness (QED) is 0.661. The van der Waals surface area contributed by atoms with Crippen molar-refractivity contribution in [3.63, 3.8) is 0 Å². The van der Waals surface area contributed by atoms with Crippen LogP contribution in [0.4, 0.5) is 0 Å². The third-order valence-electron chi connectivity index (χ3n) is 2.96. The number of hydrogen-bond acceptors (Lipinski definition) is 1. The van der Waals surface area contributed by atoms with Gasteiger partial charge in [0.1, 0.15) is 0 Å². The van der Waals surface area contributed by atoms with Crippen LogP contribution in [-0.4, -0.2) is 6.54 Å². The first-order valence-corrected chi connectivity index (χ1v) is 8.09. The highest BCUT2D eigenvalue weighted by molar-refractivity contribution is 9.10. The summed E-state index contributed by atoms with van der Waals surface area (Å²) in [7, 11) is 0. The van der Waals surface area contributed by atoms with Gasteiger partial charge in [-0.05, 0) is 41.9 Å². The molecular formula is C15H13BrCl3N. The summed E-state index contributed by atoms with van der Waals surface area (Å²) in [5.41, 5.74) is 2.07. The number of benzene rings is 2. The molecule has 0 aliphatic heterocycles. The van der Waals surface area contributed by atoms with Crippen LogP contribution >= 0.6 is 50.7 Å². The van der Waals surface area contributed by atoms with Gasteiger partial charge in [-0.3, -0.25) is 0 Å². The first-order chi connectivity index (χ1) is 9.52. The molecular weight excluding hydrogens is 380 g/mol. The molecule has 1 nitrogen and oxygen atoms in total. The molecule has 0 heterocycles. The molecule has 0 aromatic heterocycles. The maximum absolute atomic E-state index is 6.33. The summed E-state index contributed by atoms with van der Waals surface area (Å²) >= 11 is 21.9. The number of halogens is 4. The average molecular weight is 394 g/mol. The first-order valence-electron chi connectivity index (χ1n) is 6.16. The molecule has 0 bridgehead atoms. The second-order valence-corrected chi connectivity index (χ2v) is 6.46. The number of nitrogens with one attached hydrogen (secondary N) is 1. The van der Waals surface area contributed by atoms with Crippen molar-refractivity contribution in [2.75, 3.05) is 6.54 Å². The molecule has 0 saturated heterocycles. The van der Waals surface area contributed by atoms with E-state index in [4.69, 9.17) is 34.8 Å². The van der Waals surface area contributed by atoms with Gasteiger partial charge in [-0.1, -0.05) is 69.8 Å². The zero-order valence-corrected chi connectivity index (χ0v) is 14.6. The lowest BCUT2D eigenvalue weighted by Crippen LogP contribution is -2.22. The summed E-state index contributed by atoms with van der Waals surface area (Å²) in [4.78, 5) is 0. The Morgan fingerprint density at radius 2 is 1.60 bits per heavy atom. The lowest BCUT2D eigenvalue weighted by molar-refractivity contribution is 0.629. The normalized spacial score (nSPS) is 12.4. The number of hydrogen-bond donors (Lipinski definition) is 1. The zero-order chi connectivity index (χ0) is 14.7. The molecule has 20 heavy (non-hydrogen) atoms. The van der Waals surface area contributed by atoms with Crippen molar-refractivity contribution in [2.45, 2.75) is 13.0 Å². The Morgan fingerprint density at radius 1 is 1.00 bits per heavy atom. The maximum atomic E-state index is 6.33. The highest BCUT2D eigenvalue weighted by Crippen LogP contribution is 2.34. The van der Waals surface area contributed by atoms with Gasteiger partial charge in [-0.2, -0.15) is 0 Å². The van der Waals surface area contributed by atoms with E-state index in [0.717, 1.165) is 22.1 Å². The van der Waals surface area contributed by atoms with E-state index in [1.54, 1.807) is 6.07 Å². The van der Waals surface area contributed by atoms with Crippen molar-refractivity contribution in [1.29, 1.82) is 0 Å². The summed E-state index contributed by atoms with van der Waals surface area (Å²) in [6.45, 7) is 2.87. The summed E-state index contributed by atoms with van der Waals surface area (Å²) in [6, 6.07) is 11.3. The van der Waals surface area contributed by atoms with Gasteiger partial charge in [0, 0.05) is 19.5 Å². The van der Waals surface area contributed by atoms with Crippen molar-refractivity contribution in [1.82, 2.24) is 5.32 Å². The number of rotatable bonds is 4. The van der Waals surface area contributed by atoms with Crippen LogP contribution in [0.5, 0.6) is 0 Å². The minimum absolute atomic E-state index is 0.0172. The van der Waals surface area contributed by atoms with E-state index in [2.05, 4.69) is 28.2 Å². The Hall–Kier alpha value is -0.250. The van der Waals surface area contributed by atoms with Gasteiger partial charge in [-0.25, -0.2) is 0 Å². The van der Waals surface area contributed by atoms with E-state index in [0.29, 0.717) is 15.1 Å². The summed E-state index contributed by atoms with van der Waals surface area (Å²) in [5, 5.41) is 5.40. The minimum Gasteiger partial charge on any atom is -0.306 e. The van der Waals surface area contributed by atoms with Crippen molar-refractivity contribution < 1.29 is 0 Å². The first kappa shape index (κ1) is 16.1. The Kier molecular flexibility index (Phi) is 5.76. The summed E-state index contributed by atoms with van der Waals surface area (Å²) in [5.74, 6) is 0. The smallest absolute Gasteiger partial charge is 0.0602 e. The molecule has 2 aromatic carbocycles. The average Bonchev–Trinajstić information content (AvgIpc) is 2.37. The maximum Gasteiger partial charge on any atom is 0.0602 e. The molecule has 0 fully saturated rings. The molecule has 1 unspecified atom stereocenters. The Labute approximate surface area is 142 Å². The van der Waals surface area contributed by atoms with Gasteiger partial charge in [0.15, 0.2) is 0 Å². The highest BCUT2D eigenvalue weighted by Gasteiger charge is 2.18. The molecule has 0 aliphatic rings. The molecule has 0 amide bonds. The SMILES string of the molecule is CCNC(c1ccc(Cl)cc1Cl)c1ccc(Cl)cc1Br. The fourth-order valence-electron chi connectivity index (χ4n) is 2.06. The van der Waals surface area contributed by atoms with Gasteiger partial charge < -0.3 is 5.32 Å². The minimum atomic E-state index is -0.0172. The van der Waals surface area contributed by atoms with Crippen molar-refractivity contribution in [3.8, 4) is 0 Å². The Bertz CT molecular complexity index is 565. The van der Waals surface area contributed by atoms with Crippen LogP contribution < -0.4 is 5.32 Å². The fraction of sp³-hybridized carbons (Fsp3) is 0.200. The Morgan fingerprint density at radius 3 is 2.15 bits per heavy atom.